The highest BCUT2D eigenvalue weighted by molar-refractivity contribution is 6.30. The Morgan fingerprint density at radius 3 is 2.31 bits per heavy atom. The highest BCUT2D eigenvalue weighted by Crippen LogP contribution is 2.50. The molecule has 0 amide bonds. The third-order valence-electron chi connectivity index (χ3n) is 6.72. The number of carbonyl (C=O) groups excluding carboxylic acids is 1. The van der Waals surface area contributed by atoms with Gasteiger partial charge in [0.15, 0.2) is 5.78 Å². The standard InChI is InChI=1S/C28H28ClNO2/c29-22-17-15-21(16-18-22)26-27(30(26)23-11-5-2-6-12-23)28(31)24-13-7-8-14-25(24)32-19-20-9-3-1-4-10-20/h1,3-4,7-10,13-18,23,26-27H,2,5-6,11-12,19H2/t26-,27-,30?/m0/s1. The molecule has 1 aliphatic heterocycles. The fraction of sp³-hybridized carbons (Fsp3) is 0.321. The summed E-state index contributed by atoms with van der Waals surface area (Å²) in [6.07, 6.45) is 6.11. The molecule has 0 radical (unpaired) electrons. The lowest BCUT2D eigenvalue weighted by atomic mass is 9.95. The lowest BCUT2D eigenvalue weighted by Gasteiger charge is -2.24. The van der Waals surface area contributed by atoms with Gasteiger partial charge in [0.1, 0.15) is 12.4 Å². The van der Waals surface area contributed by atoms with E-state index in [1.807, 2.05) is 66.7 Å². The van der Waals surface area contributed by atoms with Crippen LogP contribution in [0.25, 0.3) is 0 Å². The third-order valence-corrected chi connectivity index (χ3v) is 6.97. The van der Waals surface area contributed by atoms with E-state index in [4.69, 9.17) is 16.3 Å². The van der Waals surface area contributed by atoms with Gasteiger partial charge in [0.2, 0.25) is 0 Å². The summed E-state index contributed by atoms with van der Waals surface area (Å²) in [5.74, 6) is 0.811. The molecule has 3 atom stereocenters. The van der Waals surface area contributed by atoms with E-state index in [0.29, 0.717) is 24.0 Å². The molecular weight excluding hydrogens is 418 g/mol. The van der Waals surface area contributed by atoms with Gasteiger partial charge in [-0.2, -0.15) is 0 Å². The van der Waals surface area contributed by atoms with E-state index in [-0.39, 0.29) is 17.9 Å². The van der Waals surface area contributed by atoms with Crippen molar-refractivity contribution in [3.05, 3.63) is 101 Å². The zero-order valence-corrected chi connectivity index (χ0v) is 18.9. The van der Waals surface area contributed by atoms with Gasteiger partial charge < -0.3 is 4.74 Å². The fourth-order valence-corrected chi connectivity index (χ4v) is 5.19. The van der Waals surface area contributed by atoms with Crippen molar-refractivity contribution < 1.29 is 9.53 Å². The van der Waals surface area contributed by atoms with Crippen molar-refractivity contribution in [1.29, 1.82) is 0 Å². The number of nitrogens with zero attached hydrogens (tertiary/aromatic N) is 1. The summed E-state index contributed by atoms with van der Waals surface area (Å²) in [6, 6.07) is 26.1. The van der Waals surface area contributed by atoms with Crippen LogP contribution in [0.2, 0.25) is 5.02 Å². The maximum absolute atomic E-state index is 13.8. The molecule has 5 rings (SSSR count). The Morgan fingerprint density at radius 1 is 0.875 bits per heavy atom. The van der Waals surface area contributed by atoms with Crippen LogP contribution in [0.3, 0.4) is 0 Å². The van der Waals surface area contributed by atoms with Gasteiger partial charge in [-0.1, -0.05) is 85.5 Å². The number of ketones is 1. The fourth-order valence-electron chi connectivity index (χ4n) is 5.07. The van der Waals surface area contributed by atoms with E-state index in [1.54, 1.807) is 0 Å². The second-order valence-electron chi connectivity index (χ2n) is 8.81. The van der Waals surface area contributed by atoms with Gasteiger partial charge in [-0.3, -0.25) is 9.69 Å². The number of benzene rings is 3. The molecule has 1 saturated heterocycles. The summed E-state index contributed by atoms with van der Waals surface area (Å²) < 4.78 is 6.10. The molecule has 4 heteroatoms. The highest BCUT2D eigenvalue weighted by atomic mass is 35.5. The van der Waals surface area contributed by atoms with Crippen LogP contribution in [0, 0.1) is 0 Å². The van der Waals surface area contributed by atoms with Crippen molar-refractivity contribution in [1.82, 2.24) is 4.90 Å². The van der Waals surface area contributed by atoms with Crippen LogP contribution in [0.4, 0.5) is 0 Å². The van der Waals surface area contributed by atoms with Crippen LogP contribution in [-0.4, -0.2) is 22.8 Å². The number of hydrogen-bond acceptors (Lipinski definition) is 3. The number of ether oxygens (including phenoxy) is 1. The molecule has 164 valence electrons. The first-order valence-corrected chi connectivity index (χ1v) is 11.9. The van der Waals surface area contributed by atoms with Gasteiger partial charge in [-0.15, -0.1) is 0 Å². The molecule has 3 aromatic carbocycles. The van der Waals surface area contributed by atoms with Crippen LogP contribution >= 0.6 is 11.6 Å². The first-order valence-electron chi connectivity index (χ1n) is 11.6. The van der Waals surface area contributed by atoms with Gasteiger partial charge in [0, 0.05) is 11.1 Å². The summed E-state index contributed by atoms with van der Waals surface area (Å²) >= 11 is 6.13. The van der Waals surface area contributed by atoms with E-state index in [2.05, 4.69) is 17.0 Å². The summed E-state index contributed by atoms with van der Waals surface area (Å²) in [7, 11) is 0. The molecule has 0 aromatic heterocycles. The zero-order valence-electron chi connectivity index (χ0n) is 18.1. The second kappa shape index (κ2) is 9.48. The molecule has 1 unspecified atom stereocenters. The number of para-hydroxylation sites is 1. The number of halogens is 1. The lowest BCUT2D eigenvalue weighted by molar-refractivity contribution is 0.0958. The predicted octanol–water partition coefficient (Wildman–Crippen LogP) is 6.86. The summed E-state index contributed by atoms with van der Waals surface area (Å²) in [4.78, 5) is 16.2. The van der Waals surface area contributed by atoms with E-state index < -0.39 is 0 Å². The lowest BCUT2D eigenvalue weighted by Crippen LogP contribution is -2.26. The summed E-state index contributed by atoms with van der Waals surface area (Å²) in [6.45, 7) is 0.447. The van der Waals surface area contributed by atoms with Crippen molar-refractivity contribution in [2.24, 2.45) is 0 Å². The normalized spacial score (nSPS) is 23.0. The monoisotopic (exact) mass is 445 g/mol. The molecule has 0 spiro atoms. The first-order chi connectivity index (χ1) is 15.7. The topological polar surface area (TPSA) is 29.3 Å². The quantitative estimate of drug-likeness (QED) is 0.294. The maximum Gasteiger partial charge on any atom is 0.185 e. The van der Waals surface area contributed by atoms with Gasteiger partial charge in [-0.25, -0.2) is 0 Å². The third kappa shape index (κ3) is 4.46. The molecule has 2 fully saturated rings. The summed E-state index contributed by atoms with van der Waals surface area (Å²) in [5.41, 5.74) is 2.93. The molecule has 32 heavy (non-hydrogen) atoms. The molecule has 1 heterocycles. The molecule has 0 bridgehead atoms. The second-order valence-corrected chi connectivity index (χ2v) is 9.25. The zero-order chi connectivity index (χ0) is 21.9. The van der Waals surface area contributed by atoms with Crippen LogP contribution in [-0.2, 0) is 6.61 Å². The van der Waals surface area contributed by atoms with Crippen molar-refractivity contribution >= 4 is 17.4 Å². The van der Waals surface area contributed by atoms with Crippen LogP contribution in [0.1, 0.15) is 59.6 Å². The van der Waals surface area contributed by atoms with Crippen molar-refractivity contribution in [2.75, 3.05) is 0 Å². The maximum atomic E-state index is 13.8. The molecular formula is C28H28ClNO2. The van der Waals surface area contributed by atoms with E-state index in [9.17, 15) is 4.79 Å². The molecule has 0 N–H and O–H groups in total. The predicted molar refractivity (Wildman–Crippen MR) is 128 cm³/mol. The van der Waals surface area contributed by atoms with E-state index >= 15 is 0 Å². The first kappa shape index (κ1) is 21.2. The van der Waals surface area contributed by atoms with Gasteiger partial charge in [0.05, 0.1) is 17.6 Å². The van der Waals surface area contributed by atoms with Crippen LogP contribution in [0.5, 0.6) is 5.75 Å². The Kier molecular flexibility index (Phi) is 6.29. The molecule has 3 aromatic rings. The smallest absolute Gasteiger partial charge is 0.185 e. The van der Waals surface area contributed by atoms with Crippen molar-refractivity contribution in [3.63, 3.8) is 0 Å². The minimum absolute atomic E-state index is 0.116. The van der Waals surface area contributed by atoms with E-state index in [0.717, 1.165) is 10.6 Å². The van der Waals surface area contributed by atoms with E-state index in [1.165, 1.54) is 37.7 Å². The number of hydrogen-bond donors (Lipinski definition) is 0. The number of Topliss-reactive ketones (excluding diaryl/α,β-unsaturated/α-hetero) is 1. The minimum atomic E-state index is -0.138. The minimum Gasteiger partial charge on any atom is -0.488 e. The Morgan fingerprint density at radius 2 is 1.56 bits per heavy atom. The molecule has 1 saturated carbocycles. The Balaban J connectivity index is 1.40. The van der Waals surface area contributed by atoms with Gasteiger partial charge >= 0.3 is 0 Å². The largest absolute Gasteiger partial charge is 0.488 e. The molecule has 2 aliphatic rings. The average Bonchev–Trinajstić information content (AvgIpc) is 3.60. The Hall–Kier alpha value is -2.62. The highest BCUT2D eigenvalue weighted by Gasteiger charge is 2.56. The Labute approximate surface area is 195 Å². The van der Waals surface area contributed by atoms with Crippen LogP contribution < -0.4 is 4.74 Å². The molecule has 3 nitrogen and oxygen atoms in total. The average molecular weight is 446 g/mol. The SMILES string of the molecule is O=C(c1ccccc1OCc1ccccc1)[C@@H]1[C@H](c2ccc(Cl)cc2)N1C1CCCCC1. The van der Waals surface area contributed by atoms with Gasteiger partial charge in [0.25, 0.3) is 0 Å². The molecule has 1 aliphatic carbocycles. The number of rotatable bonds is 7. The Bertz CT molecular complexity index is 1060. The number of carbonyl (C=O) groups is 1. The van der Waals surface area contributed by atoms with Crippen molar-refractivity contribution in [2.45, 2.75) is 56.8 Å². The van der Waals surface area contributed by atoms with Crippen molar-refractivity contribution in [3.8, 4) is 5.75 Å². The summed E-state index contributed by atoms with van der Waals surface area (Å²) in [5, 5.41) is 0.723. The van der Waals surface area contributed by atoms with Crippen LogP contribution in [0.15, 0.2) is 78.9 Å². The van der Waals surface area contributed by atoms with Gasteiger partial charge in [-0.05, 0) is 48.2 Å².